The first kappa shape index (κ1) is 33.6. The molecule has 1 saturated carbocycles. The Morgan fingerprint density at radius 1 is 1.17 bits per heavy atom. The summed E-state index contributed by atoms with van der Waals surface area (Å²) >= 11 is 2.35. The lowest BCUT2D eigenvalue weighted by Gasteiger charge is -2.49. The van der Waals surface area contributed by atoms with E-state index >= 15 is 0 Å². The highest BCUT2D eigenvalue weighted by Crippen LogP contribution is 2.41. The summed E-state index contributed by atoms with van der Waals surface area (Å²) in [6.45, 7) is 2.48. The minimum Gasteiger partial charge on any atom is -0.431 e. The number of nitrogens with zero attached hydrogens (tertiary/aromatic N) is 4. The zero-order chi connectivity index (χ0) is 33.5. The van der Waals surface area contributed by atoms with E-state index in [1.165, 1.54) is 29.0 Å². The van der Waals surface area contributed by atoms with Crippen molar-refractivity contribution in [3.63, 3.8) is 0 Å². The summed E-state index contributed by atoms with van der Waals surface area (Å²) in [6.07, 6.45) is 8.63. The number of thioether (sulfide) groups is 1. The number of carbonyl (C=O) groups excluding carboxylic acids is 5. The third-order valence-electron chi connectivity index (χ3n) is 7.23. The molecular formula is C30H32N6O9S2. The monoisotopic (exact) mass is 684 g/mol. The van der Waals surface area contributed by atoms with E-state index in [2.05, 4.69) is 25.3 Å². The van der Waals surface area contributed by atoms with Crippen molar-refractivity contribution in [3.8, 4) is 0 Å². The van der Waals surface area contributed by atoms with Crippen LogP contribution in [0.5, 0.6) is 0 Å². The van der Waals surface area contributed by atoms with E-state index in [0.29, 0.717) is 5.57 Å². The zero-order valence-electron chi connectivity index (χ0n) is 25.5. The highest BCUT2D eigenvalue weighted by Gasteiger charge is 2.54. The number of nitrogen functional groups attached to an aromatic ring is 1. The number of aromatic nitrogens is 2. The van der Waals surface area contributed by atoms with E-state index < -0.39 is 47.6 Å². The molecule has 2 aliphatic heterocycles. The lowest BCUT2D eigenvalue weighted by atomic mass is 9.98. The molecule has 4 heterocycles. The first-order chi connectivity index (χ1) is 22.6. The van der Waals surface area contributed by atoms with Crippen molar-refractivity contribution in [2.24, 2.45) is 5.16 Å². The van der Waals surface area contributed by atoms with Crippen LogP contribution in [0.4, 0.5) is 9.93 Å². The minimum absolute atomic E-state index is 0.0502. The molecule has 17 heteroatoms. The number of thiazole rings is 1. The van der Waals surface area contributed by atoms with Crippen LogP contribution < -0.4 is 11.1 Å². The summed E-state index contributed by atoms with van der Waals surface area (Å²) < 4.78 is 16.0. The molecule has 0 aromatic carbocycles. The van der Waals surface area contributed by atoms with Gasteiger partial charge in [-0.05, 0) is 42.9 Å². The molecule has 2 fully saturated rings. The molecule has 5 rings (SSSR count). The van der Waals surface area contributed by atoms with Crippen LogP contribution in [-0.4, -0.2) is 80.1 Å². The molecule has 2 amide bonds. The summed E-state index contributed by atoms with van der Waals surface area (Å²) in [5, 5.41) is 7.11. The second-order valence-electron chi connectivity index (χ2n) is 10.7. The van der Waals surface area contributed by atoms with Gasteiger partial charge in [0.15, 0.2) is 10.8 Å². The van der Waals surface area contributed by atoms with Gasteiger partial charge in [-0.1, -0.05) is 29.8 Å². The molecule has 0 radical (unpaired) electrons. The number of β-lactam (4-membered cyclic amide) rings is 1. The van der Waals surface area contributed by atoms with Crippen LogP contribution >= 0.6 is 23.1 Å². The van der Waals surface area contributed by atoms with Crippen LogP contribution in [0.15, 0.2) is 52.4 Å². The van der Waals surface area contributed by atoms with Crippen molar-refractivity contribution in [3.05, 3.63) is 58.5 Å². The Labute approximate surface area is 277 Å². The lowest BCUT2D eigenvalue weighted by Crippen LogP contribution is -2.71. The molecule has 1 unspecified atom stereocenters. The van der Waals surface area contributed by atoms with Crippen LogP contribution in [0.2, 0.25) is 0 Å². The van der Waals surface area contributed by atoms with Gasteiger partial charge in [0.25, 0.3) is 11.8 Å². The predicted octanol–water partition coefficient (Wildman–Crippen LogP) is 3.13. The van der Waals surface area contributed by atoms with Crippen molar-refractivity contribution in [1.82, 2.24) is 20.2 Å². The van der Waals surface area contributed by atoms with E-state index in [-0.39, 0.29) is 34.1 Å². The van der Waals surface area contributed by atoms with Crippen molar-refractivity contribution in [2.45, 2.75) is 69.8 Å². The number of amides is 2. The van der Waals surface area contributed by atoms with Gasteiger partial charge in [-0.3, -0.25) is 19.5 Å². The molecule has 0 spiro atoms. The number of hydrogen-bond acceptors (Lipinski definition) is 15. The van der Waals surface area contributed by atoms with Crippen LogP contribution in [0.3, 0.4) is 0 Å². The summed E-state index contributed by atoms with van der Waals surface area (Å²) in [6, 6.07) is 2.50. The number of nitrogens with two attached hydrogens (primary N) is 1. The summed E-state index contributed by atoms with van der Waals surface area (Å²) in [7, 11) is 0. The van der Waals surface area contributed by atoms with E-state index in [0.717, 1.165) is 55.9 Å². The average Bonchev–Trinajstić information content (AvgIpc) is 3.48. The van der Waals surface area contributed by atoms with Gasteiger partial charge in [0.2, 0.25) is 6.29 Å². The number of rotatable bonds is 10. The Balaban J connectivity index is 1.33. The molecule has 3 atom stereocenters. The van der Waals surface area contributed by atoms with E-state index in [4.69, 9.17) is 19.9 Å². The average molecular weight is 685 g/mol. The summed E-state index contributed by atoms with van der Waals surface area (Å²) in [5.41, 5.74) is 6.54. The number of fused-ring (bicyclic) bond motifs is 1. The topological polar surface area (TPSA) is 202 Å². The number of oxime groups is 1. The first-order valence-corrected chi connectivity index (χ1v) is 16.7. The van der Waals surface area contributed by atoms with Gasteiger partial charge in [-0.15, -0.1) is 23.1 Å². The largest absolute Gasteiger partial charge is 0.511 e. The number of carbonyl (C=O) groups is 5. The highest BCUT2D eigenvalue weighted by atomic mass is 32.2. The molecular weight excluding hydrogens is 652 g/mol. The quantitative estimate of drug-likeness (QED) is 0.0924. The van der Waals surface area contributed by atoms with Gasteiger partial charge < -0.3 is 30.1 Å². The molecule has 15 nitrogen and oxygen atoms in total. The number of allylic oxidation sites excluding steroid dienone is 1. The van der Waals surface area contributed by atoms with Crippen molar-refractivity contribution >= 4 is 69.9 Å². The number of ether oxygens (including phenoxy) is 3. The Hall–Kier alpha value is -4.77. The van der Waals surface area contributed by atoms with Crippen LogP contribution in [0.1, 0.15) is 57.2 Å². The van der Waals surface area contributed by atoms with Crippen molar-refractivity contribution in [1.29, 1.82) is 0 Å². The maximum atomic E-state index is 13.6. The second-order valence-corrected chi connectivity index (χ2v) is 12.7. The SMILES string of the molecule is CC(=O)ON=C(C(=O)N[C@@H]1C(=O)N2C(C(=O)OC(C)OC(=O)OC3CCCCC3)=C(/C=C\c3cccnc3)CS[C@H]12)c1csc(N)n1. The van der Waals surface area contributed by atoms with Gasteiger partial charge in [0.05, 0.1) is 0 Å². The Bertz CT molecular complexity index is 1620. The molecule has 1 aliphatic carbocycles. The van der Waals surface area contributed by atoms with Crippen LogP contribution in [-0.2, 0) is 38.2 Å². The van der Waals surface area contributed by atoms with Gasteiger partial charge in [0.1, 0.15) is 28.9 Å². The number of esters is 1. The van der Waals surface area contributed by atoms with Gasteiger partial charge in [-0.2, -0.15) is 0 Å². The maximum absolute atomic E-state index is 13.6. The number of pyridine rings is 1. The second kappa shape index (κ2) is 15.2. The number of hydrogen-bond donors (Lipinski definition) is 2. The molecule has 2 aromatic rings. The smallest absolute Gasteiger partial charge is 0.431 e. The van der Waals surface area contributed by atoms with Crippen molar-refractivity contribution < 1.29 is 43.0 Å². The number of nitrogens with one attached hydrogen (secondary N) is 1. The van der Waals surface area contributed by atoms with Crippen molar-refractivity contribution in [2.75, 3.05) is 11.5 Å². The van der Waals surface area contributed by atoms with Crippen LogP contribution in [0.25, 0.3) is 6.08 Å². The first-order valence-electron chi connectivity index (χ1n) is 14.7. The molecule has 2 aromatic heterocycles. The van der Waals surface area contributed by atoms with Crippen LogP contribution in [0, 0.1) is 0 Å². The summed E-state index contributed by atoms with van der Waals surface area (Å²) in [4.78, 5) is 78.1. The molecule has 248 valence electrons. The van der Waals surface area contributed by atoms with Gasteiger partial charge in [0, 0.05) is 37.4 Å². The Morgan fingerprint density at radius 2 is 1.96 bits per heavy atom. The Kier molecular flexibility index (Phi) is 10.9. The highest BCUT2D eigenvalue weighted by molar-refractivity contribution is 8.00. The fraction of sp³-hybridized carbons (Fsp3) is 0.400. The molecule has 47 heavy (non-hydrogen) atoms. The third-order valence-corrected chi connectivity index (χ3v) is 9.21. The fourth-order valence-electron chi connectivity index (χ4n) is 5.06. The summed E-state index contributed by atoms with van der Waals surface area (Å²) in [5.74, 6) is -2.87. The normalized spacial score (nSPS) is 20.6. The zero-order valence-corrected chi connectivity index (χ0v) is 27.1. The van der Waals surface area contributed by atoms with Gasteiger partial charge in [-0.25, -0.2) is 19.4 Å². The third kappa shape index (κ3) is 8.34. The molecule has 3 aliphatic rings. The maximum Gasteiger partial charge on any atom is 0.511 e. The number of anilines is 1. The van der Waals surface area contributed by atoms with E-state index in [1.807, 2.05) is 6.07 Å². The van der Waals surface area contributed by atoms with E-state index in [9.17, 15) is 24.0 Å². The molecule has 3 N–H and O–H groups in total. The Morgan fingerprint density at radius 3 is 2.64 bits per heavy atom. The standard InChI is InChI=1S/C30H32N6O9S2/c1-16(37)45-35-22(21-15-47-29(31)33-21)25(38)34-23-26(39)36-24(19(14-46-27(23)36)11-10-18-7-6-12-32-13-18)28(40)42-17(2)43-30(41)44-20-8-4-3-5-9-20/h6-7,10-13,15,17,20,23,27H,3-5,8-9,14H2,1-2H3,(H2,31,33)(H,34,38)/b11-10-,35-22?/t17?,23-,27-/m1/s1. The minimum atomic E-state index is -1.32. The van der Waals surface area contributed by atoms with Gasteiger partial charge >= 0.3 is 18.1 Å². The molecule has 0 bridgehead atoms. The van der Waals surface area contributed by atoms with E-state index in [1.54, 1.807) is 30.6 Å². The molecule has 1 saturated heterocycles. The fourth-order valence-corrected chi connectivity index (χ4v) is 6.93. The lowest BCUT2D eigenvalue weighted by molar-refractivity contribution is -0.169. The predicted molar refractivity (Wildman–Crippen MR) is 170 cm³/mol.